The van der Waals surface area contributed by atoms with Crippen LogP contribution in [0.1, 0.15) is 50.6 Å². The van der Waals surface area contributed by atoms with E-state index in [0.717, 1.165) is 18.4 Å². The number of para-hydroxylation sites is 1. The molecule has 3 N–H and O–H groups in total. The second kappa shape index (κ2) is 7.04. The second-order valence-electron chi connectivity index (χ2n) is 5.68. The molecule has 0 heterocycles. The van der Waals surface area contributed by atoms with E-state index in [1.165, 1.54) is 25.3 Å². The smallest absolute Gasteiger partial charge is 0.146 e. The zero-order chi connectivity index (χ0) is 14.5. The number of halogens is 1. The van der Waals surface area contributed by atoms with Crippen molar-refractivity contribution in [2.45, 2.75) is 51.1 Å². The van der Waals surface area contributed by atoms with Crippen LogP contribution in [0.4, 0.5) is 10.1 Å². The zero-order valence-corrected chi connectivity index (χ0v) is 12.2. The van der Waals surface area contributed by atoms with Crippen LogP contribution >= 0.6 is 0 Å². The molecular formula is C16H25FN2O. The monoisotopic (exact) mass is 280 g/mol. The van der Waals surface area contributed by atoms with E-state index in [1.807, 2.05) is 17.9 Å². The number of benzene rings is 1. The van der Waals surface area contributed by atoms with Gasteiger partial charge in [-0.1, -0.05) is 31.4 Å². The first kappa shape index (κ1) is 15.3. The molecule has 1 atom stereocenters. The molecule has 112 valence electrons. The lowest BCUT2D eigenvalue weighted by atomic mass is 9.92. The topological polar surface area (TPSA) is 49.5 Å². The number of anilines is 1. The van der Waals surface area contributed by atoms with E-state index >= 15 is 0 Å². The van der Waals surface area contributed by atoms with Crippen molar-refractivity contribution in [1.29, 1.82) is 0 Å². The first-order chi connectivity index (χ1) is 9.65. The van der Waals surface area contributed by atoms with Gasteiger partial charge in [-0.15, -0.1) is 0 Å². The molecule has 3 nitrogen and oxygen atoms in total. The summed E-state index contributed by atoms with van der Waals surface area (Å²) < 4.78 is 14.4. The molecule has 4 heteroatoms. The van der Waals surface area contributed by atoms with Crippen LogP contribution in [0.3, 0.4) is 0 Å². The van der Waals surface area contributed by atoms with Gasteiger partial charge < -0.3 is 15.7 Å². The molecule has 0 aromatic heterocycles. The highest BCUT2D eigenvalue weighted by molar-refractivity contribution is 5.57. The van der Waals surface area contributed by atoms with E-state index in [4.69, 9.17) is 5.73 Å². The summed E-state index contributed by atoms with van der Waals surface area (Å²) in [4.78, 5) is 2.03. The Bertz CT molecular complexity index is 430. The maximum Gasteiger partial charge on any atom is 0.146 e. The SMILES string of the molecule is C[C@@H](N)c1cccc(F)c1N(CCO)C1CCCCC1. The van der Waals surface area contributed by atoms with Crippen molar-refractivity contribution < 1.29 is 9.50 Å². The molecule has 0 unspecified atom stereocenters. The number of aliphatic hydroxyl groups is 1. The van der Waals surface area contributed by atoms with Crippen molar-refractivity contribution in [2.75, 3.05) is 18.1 Å². The largest absolute Gasteiger partial charge is 0.395 e. The molecule has 1 aromatic carbocycles. The Kier molecular flexibility index (Phi) is 5.38. The molecular weight excluding hydrogens is 255 g/mol. The fraction of sp³-hybridized carbons (Fsp3) is 0.625. The Morgan fingerprint density at radius 2 is 2.05 bits per heavy atom. The molecule has 1 aromatic rings. The van der Waals surface area contributed by atoms with Crippen LogP contribution in [0.15, 0.2) is 18.2 Å². The van der Waals surface area contributed by atoms with Gasteiger partial charge >= 0.3 is 0 Å². The molecule has 0 aliphatic heterocycles. The van der Waals surface area contributed by atoms with E-state index in [9.17, 15) is 9.50 Å². The number of nitrogens with zero attached hydrogens (tertiary/aromatic N) is 1. The first-order valence-electron chi connectivity index (χ1n) is 7.56. The van der Waals surface area contributed by atoms with Crippen LogP contribution in [-0.4, -0.2) is 24.3 Å². The molecule has 0 radical (unpaired) electrons. The molecule has 0 bridgehead atoms. The Balaban J connectivity index is 2.37. The van der Waals surface area contributed by atoms with Crippen LogP contribution in [0.2, 0.25) is 0 Å². The summed E-state index contributed by atoms with van der Waals surface area (Å²) in [6, 6.07) is 5.16. The molecule has 20 heavy (non-hydrogen) atoms. The lowest BCUT2D eigenvalue weighted by molar-refractivity contribution is 0.289. The molecule has 1 fully saturated rings. The number of nitrogens with two attached hydrogens (primary N) is 1. The highest BCUT2D eigenvalue weighted by Gasteiger charge is 2.26. The summed E-state index contributed by atoms with van der Waals surface area (Å²) in [5.41, 5.74) is 7.40. The number of rotatable bonds is 5. The number of hydrogen-bond acceptors (Lipinski definition) is 3. The summed E-state index contributed by atoms with van der Waals surface area (Å²) in [6.45, 7) is 2.37. The summed E-state index contributed by atoms with van der Waals surface area (Å²) in [5.74, 6) is -0.237. The van der Waals surface area contributed by atoms with Crippen molar-refractivity contribution in [1.82, 2.24) is 0 Å². The summed E-state index contributed by atoms with van der Waals surface area (Å²) in [5, 5.41) is 9.35. The zero-order valence-electron chi connectivity index (χ0n) is 12.2. The minimum atomic E-state index is -0.237. The van der Waals surface area contributed by atoms with Crippen molar-refractivity contribution in [3.05, 3.63) is 29.6 Å². The number of hydrogen-bond donors (Lipinski definition) is 2. The fourth-order valence-corrected chi connectivity index (χ4v) is 3.18. The average Bonchev–Trinajstić information content (AvgIpc) is 2.46. The van der Waals surface area contributed by atoms with Gasteiger partial charge in [-0.3, -0.25) is 0 Å². The van der Waals surface area contributed by atoms with Crippen LogP contribution < -0.4 is 10.6 Å². The fourth-order valence-electron chi connectivity index (χ4n) is 3.18. The quantitative estimate of drug-likeness (QED) is 0.871. The second-order valence-corrected chi connectivity index (χ2v) is 5.68. The van der Waals surface area contributed by atoms with Crippen LogP contribution in [-0.2, 0) is 0 Å². The predicted octanol–water partition coefficient (Wildman–Crippen LogP) is 2.98. The van der Waals surface area contributed by atoms with Crippen molar-refractivity contribution in [3.8, 4) is 0 Å². The lowest BCUT2D eigenvalue weighted by Crippen LogP contribution is -2.40. The normalized spacial score (nSPS) is 18.0. The van der Waals surface area contributed by atoms with Gasteiger partial charge in [0.05, 0.1) is 12.3 Å². The molecule has 0 spiro atoms. The van der Waals surface area contributed by atoms with Gasteiger partial charge in [-0.05, 0) is 31.4 Å². The van der Waals surface area contributed by atoms with E-state index < -0.39 is 0 Å². The van der Waals surface area contributed by atoms with Gasteiger partial charge in [0.25, 0.3) is 0 Å². The first-order valence-corrected chi connectivity index (χ1v) is 7.56. The van der Waals surface area contributed by atoms with Crippen LogP contribution in [0, 0.1) is 5.82 Å². The van der Waals surface area contributed by atoms with Gasteiger partial charge in [0.15, 0.2) is 0 Å². The van der Waals surface area contributed by atoms with E-state index in [2.05, 4.69) is 0 Å². The van der Waals surface area contributed by atoms with Crippen molar-refractivity contribution >= 4 is 5.69 Å². The maximum absolute atomic E-state index is 14.4. The highest BCUT2D eigenvalue weighted by atomic mass is 19.1. The molecule has 0 amide bonds. The van der Waals surface area contributed by atoms with Gasteiger partial charge in [-0.2, -0.15) is 0 Å². The van der Waals surface area contributed by atoms with Crippen LogP contribution in [0.25, 0.3) is 0 Å². The van der Waals surface area contributed by atoms with E-state index in [0.29, 0.717) is 18.3 Å². The predicted molar refractivity (Wildman–Crippen MR) is 80.3 cm³/mol. The molecule has 1 saturated carbocycles. The maximum atomic E-state index is 14.4. The Labute approximate surface area is 120 Å². The van der Waals surface area contributed by atoms with Crippen molar-refractivity contribution in [3.63, 3.8) is 0 Å². The Hall–Kier alpha value is -1.13. The minimum Gasteiger partial charge on any atom is -0.395 e. The molecule has 1 aliphatic carbocycles. The number of aliphatic hydroxyl groups excluding tert-OH is 1. The van der Waals surface area contributed by atoms with E-state index in [1.54, 1.807) is 6.07 Å². The summed E-state index contributed by atoms with van der Waals surface area (Å²) >= 11 is 0. The van der Waals surface area contributed by atoms with Crippen molar-refractivity contribution in [2.24, 2.45) is 5.73 Å². The third-order valence-corrected chi connectivity index (χ3v) is 4.15. The van der Waals surface area contributed by atoms with E-state index in [-0.39, 0.29) is 18.5 Å². The summed E-state index contributed by atoms with van der Waals surface area (Å²) in [6.07, 6.45) is 5.73. The molecule has 0 saturated heterocycles. The summed E-state index contributed by atoms with van der Waals surface area (Å²) in [7, 11) is 0. The molecule has 2 rings (SSSR count). The average molecular weight is 280 g/mol. The Morgan fingerprint density at radius 1 is 1.35 bits per heavy atom. The third-order valence-electron chi connectivity index (χ3n) is 4.15. The minimum absolute atomic E-state index is 0.0310. The standard InChI is InChI=1S/C16H25FN2O/c1-12(18)14-8-5-9-15(17)16(14)19(10-11-20)13-6-3-2-4-7-13/h5,8-9,12-13,20H,2-4,6-7,10-11,18H2,1H3/t12-/m1/s1. The molecule has 1 aliphatic rings. The Morgan fingerprint density at radius 3 is 2.65 bits per heavy atom. The van der Waals surface area contributed by atoms with Gasteiger partial charge in [0.2, 0.25) is 0 Å². The highest BCUT2D eigenvalue weighted by Crippen LogP contribution is 2.33. The van der Waals surface area contributed by atoms with Gasteiger partial charge in [-0.25, -0.2) is 4.39 Å². The van der Waals surface area contributed by atoms with Gasteiger partial charge in [0, 0.05) is 18.6 Å². The van der Waals surface area contributed by atoms with Gasteiger partial charge in [0.1, 0.15) is 5.82 Å². The third kappa shape index (κ3) is 3.30. The van der Waals surface area contributed by atoms with Crippen LogP contribution in [0.5, 0.6) is 0 Å². The lowest BCUT2D eigenvalue weighted by Gasteiger charge is -2.37.